The van der Waals surface area contributed by atoms with Crippen LogP contribution in [0.2, 0.25) is 0 Å². The van der Waals surface area contributed by atoms with Gasteiger partial charge in [-0.1, -0.05) is 32.8 Å². The van der Waals surface area contributed by atoms with E-state index in [9.17, 15) is 0 Å². The summed E-state index contributed by atoms with van der Waals surface area (Å²) in [5, 5.41) is 7.62. The van der Waals surface area contributed by atoms with Crippen LogP contribution < -0.4 is 0 Å². The highest BCUT2D eigenvalue weighted by atomic mass is 15.1. The van der Waals surface area contributed by atoms with Crippen molar-refractivity contribution < 1.29 is 0 Å². The Morgan fingerprint density at radius 1 is 1.14 bits per heavy atom. The van der Waals surface area contributed by atoms with Gasteiger partial charge in [0.15, 0.2) is 5.84 Å². The Morgan fingerprint density at radius 3 is 2.36 bits per heavy atom. The molecule has 0 saturated heterocycles. The van der Waals surface area contributed by atoms with Crippen LogP contribution in [0.1, 0.15) is 39.0 Å². The first-order valence-corrected chi connectivity index (χ1v) is 5.21. The van der Waals surface area contributed by atoms with Crippen molar-refractivity contribution in [2.45, 2.75) is 39.0 Å². The van der Waals surface area contributed by atoms with Gasteiger partial charge in [-0.25, -0.2) is 0 Å². The van der Waals surface area contributed by atoms with E-state index in [1.807, 2.05) is 0 Å². The van der Waals surface area contributed by atoms with Gasteiger partial charge in [0, 0.05) is 14.1 Å². The van der Waals surface area contributed by atoms with Gasteiger partial charge < -0.3 is 0 Å². The lowest BCUT2D eigenvalue weighted by Crippen LogP contribution is -1.97. The molecule has 0 radical (unpaired) electrons. The van der Waals surface area contributed by atoms with Gasteiger partial charge in [-0.15, -0.1) is 5.11 Å². The fourth-order valence-corrected chi connectivity index (χ4v) is 1.25. The first kappa shape index (κ1) is 13.0. The van der Waals surface area contributed by atoms with Crippen LogP contribution in [0.25, 0.3) is 0 Å². The predicted octanol–water partition coefficient (Wildman–Crippen LogP) is 3.62. The molecule has 0 unspecified atom stereocenters. The molecule has 0 spiro atoms. The lowest BCUT2D eigenvalue weighted by molar-refractivity contribution is 0.670. The Balaban J connectivity index is 3.83. The van der Waals surface area contributed by atoms with Crippen molar-refractivity contribution in [3.63, 3.8) is 0 Å². The molecule has 0 aliphatic heterocycles. The molecular weight excluding hydrogens is 174 g/mol. The minimum absolute atomic E-state index is 0.684. The van der Waals surface area contributed by atoms with Crippen LogP contribution in [0.3, 0.4) is 0 Å². The van der Waals surface area contributed by atoms with E-state index in [1.54, 1.807) is 14.1 Å². The average molecular weight is 195 g/mol. The molecule has 0 amide bonds. The van der Waals surface area contributed by atoms with E-state index >= 15 is 0 Å². The highest BCUT2D eigenvalue weighted by Crippen LogP contribution is 2.10. The van der Waals surface area contributed by atoms with Crippen molar-refractivity contribution >= 4 is 5.84 Å². The standard InChI is InChI=1S/C11H21N3/c1-5-6-7-8-9-10(2)11(12-3)14-13-4/h2,5-9H2,1,3-4H3. The number of amidine groups is 1. The van der Waals surface area contributed by atoms with Crippen molar-refractivity contribution in [3.8, 4) is 0 Å². The number of hydrogen-bond acceptors (Lipinski definition) is 2. The molecule has 0 N–H and O–H groups in total. The molecule has 3 heteroatoms. The molecule has 0 heterocycles. The molecule has 0 fully saturated rings. The van der Waals surface area contributed by atoms with Gasteiger partial charge in [0.1, 0.15) is 0 Å². The number of rotatable bonds is 6. The number of unbranched alkanes of at least 4 members (excludes halogenated alkanes) is 3. The van der Waals surface area contributed by atoms with Crippen molar-refractivity contribution in [2.24, 2.45) is 15.2 Å². The van der Waals surface area contributed by atoms with Crippen molar-refractivity contribution in [1.82, 2.24) is 0 Å². The first-order chi connectivity index (χ1) is 6.76. The van der Waals surface area contributed by atoms with Crippen LogP contribution in [-0.4, -0.2) is 19.9 Å². The third kappa shape index (κ3) is 5.62. The zero-order chi connectivity index (χ0) is 10.8. The summed E-state index contributed by atoms with van der Waals surface area (Å²) in [5.74, 6) is 0.684. The van der Waals surface area contributed by atoms with Gasteiger partial charge in [-0.05, 0) is 18.4 Å². The summed E-state index contributed by atoms with van der Waals surface area (Å²) in [6.07, 6.45) is 5.96. The highest BCUT2D eigenvalue weighted by molar-refractivity contribution is 5.97. The van der Waals surface area contributed by atoms with Crippen molar-refractivity contribution in [3.05, 3.63) is 12.2 Å². The molecule has 0 aliphatic rings. The lowest BCUT2D eigenvalue weighted by atomic mass is 10.1. The van der Waals surface area contributed by atoms with Crippen LogP contribution in [0, 0.1) is 0 Å². The van der Waals surface area contributed by atoms with E-state index in [-0.39, 0.29) is 0 Å². The monoisotopic (exact) mass is 195 g/mol. The maximum absolute atomic E-state index is 4.03. The topological polar surface area (TPSA) is 37.1 Å². The average Bonchev–Trinajstić information content (AvgIpc) is 2.20. The quantitative estimate of drug-likeness (QED) is 0.269. The smallest absolute Gasteiger partial charge is 0.171 e. The third-order valence-corrected chi connectivity index (χ3v) is 2.05. The molecule has 0 aromatic rings. The van der Waals surface area contributed by atoms with E-state index < -0.39 is 0 Å². The summed E-state index contributed by atoms with van der Waals surface area (Å²) >= 11 is 0. The molecule has 0 saturated carbocycles. The maximum atomic E-state index is 4.03. The largest absolute Gasteiger partial charge is 0.268 e. The van der Waals surface area contributed by atoms with Gasteiger partial charge in [0.05, 0.1) is 0 Å². The van der Waals surface area contributed by atoms with E-state index in [4.69, 9.17) is 0 Å². The highest BCUT2D eigenvalue weighted by Gasteiger charge is 2.01. The van der Waals surface area contributed by atoms with Gasteiger partial charge >= 0.3 is 0 Å². The molecule has 80 valence electrons. The summed E-state index contributed by atoms with van der Waals surface area (Å²) in [7, 11) is 3.37. The Morgan fingerprint density at radius 2 is 1.86 bits per heavy atom. The Labute approximate surface area is 87.0 Å². The van der Waals surface area contributed by atoms with Gasteiger partial charge in [-0.2, -0.15) is 5.11 Å². The van der Waals surface area contributed by atoms with Crippen molar-refractivity contribution in [2.75, 3.05) is 14.1 Å². The Kier molecular flexibility index (Phi) is 7.99. The van der Waals surface area contributed by atoms with Crippen LogP contribution in [-0.2, 0) is 0 Å². The van der Waals surface area contributed by atoms with E-state index in [2.05, 4.69) is 28.7 Å². The zero-order valence-corrected chi connectivity index (χ0v) is 9.58. The molecule has 0 bridgehead atoms. The van der Waals surface area contributed by atoms with Gasteiger partial charge in [-0.3, -0.25) is 4.99 Å². The van der Waals surface area contributed by atoms with Crippen LogP contribution in [0.15, 0.2) is 27.4 Å². The summed E-state index contributed by atoms with van der Waals surface area (Å²) in [4.78, 5) is 4.03. The number of hydrogen-bond donors (Lipinski definition) is 0. The predicted molar refractivity (Wildman–Crippen MR) is 62.0 cm³/mol. The summed E-state index contributed by atoms with van der Waals surface area (Å²) in [5.41, 5.74) is 0.995. The summed E-state index contributed by atoms with van der Waals surface area (Å²) in [6, 6.07) is 0. The second-order valence-corrected chi connectivity index (χ2v) is 3.26. The minimum atomic E-state index is 0.684. The molecule has 0 aromatic heterocycles. The second-order valence-electron chi connectivity index (χ2n) is 3.26. The van der Waals surface area contributed by atoms with Crippen LogP contribution >= 0.6 is 0 Å². The summed E-state index contributed by atoms with van der Waals surface area (Å²) in [6.45, 7) is 6.16. The zero-order valence-electron chi connectivity index (χ0n) is 9.58. The molecule has 0 aliphatic carbocycles. The molecule has 14 heavy (non-hydrogen) atoms. The van der Waals surface area contributed by atoms with Crippen LogP contribution in [0.5, 0.6) is 0 Å². The van der Waals surface area contributed by atoms with E-state index in [0.717, 1.165) is 12.0 Å². The fourth-order valence-electron chi connectivity index (χ4n) is 1.25. The Bertz CT molecular complexity index is 217. The van der Waals surface area contributed by atoms with Gasteiger partial charge in [0.25, 0.3) is 0 Å². The minimum Gasteiger partial charge on any atom is -0.268 e. The number of azo groups is 1. The second kappa shape index (κ2) is 8.60. The SMILES string of the molecule is C=C(CCCCCC)C(N=NC)=NC. The first-order valence-electron chi connectivity index (χ1n) is 5.21. The maximum Gasteiger partial charge on any atom is 0.171 e. The lowest BCUT2D eigenvalue weighted by Gasteiger charge is -2.03. The third-order valence-electron chi connectivity index (χ3n) is 2.05. The Hall–Kier alpha value is -0.990. The van der Waals surface area contributed by atoms with Crippen molar-refractivity contribution in [1.29, 1.82) is 0 Å². The fraction of sp³-hybridized carbons (Fsp3) is 0.727. The summed E-state index contributed by atoms with van der Waals surface area (Å²) < 4.78 is 0. The van der Waals surface area contributed by atoms with Crippen LogP contribution in [0.4, 0.5) is 0 Å². The number of nitrogens with zero attached hydrogens (tertiary/aromatic N) is 3. The normalized spacial score (nSPS) is 12.4. The molecule has 0 atom stereocenters. The molecule has 0 aromatic carbocycles. The molecular formula is C11H21N3. The molecule has 0 rings (SSSR count). The number of aliphatic imine (C=N–C) groups is 1. The van der Waals surface area contributed by atoms with E-state index in [0.29, 0.717) is 5.84 Å². The van der Waals surface area contributed by atoms with Gasteiger partial charge in [0.2, 0.25) is 0 Å². The van der Waals surface area contributed by atoms with E-state index in [1.165, 1.54) is 25.7 Å². The molecule has 3 nitrogen and oxygen atoms in total.